The Morgan fingerprint density at radius 3 is 2.10 bits per heavy atom. The fraction of sp³-hybridized carbons (Fsp3) is 0.478. The summed E-state index contributed by atoms with van der Waals surface area (Å²) in [6.07, 6.45) is 3.66. The number of carbonyl (C=O) groups excluding carboxylic acids is 1. The van der Waals surface area contributed by atoms with Crippen molar-refractivity contribution in [2.24, 2.45) is 0 Å². The smallest absolute Gasteiger partial charge is 0.255 e. The van der Waals surface area contributed by atoms with Crippen molar-refractivity contribution in [1.82, 2.24) is 9.88 Å². The van der Waals surface area contributed by atoms with Crippen LogP contribution in [0.4, 0.5) is 11.5 Å². The lowest BCUT2D eigenvalue weighted by molar-refractivity contribution is 0.0755. The van der Waals surface area contributed by atoms with Gasteiger partial charge < -0.3 is 19.4 Å². The maximum absolute atomic E-state index is 12.7. The lowest BCUT2D eigenvalue weighted by Gasteiger charge is -2.36. The van der Waals surface area contributed by atoms with Gasteiger partial charge in [-0.3, -0.25) is 4.79 Å². The number of methoxy groups -OCH3 is 1. The first-order valence-electron chi connectivity index (χ1n) is 10.6. The summed E-state index contributed by atoms with van der Waals surface area (Å²) in [5.74, 6) is 1.90. The minimum absolute atomic E-state index is 0.0806. The van der Waals surface area contributed by atoms with Crippen LogP contribution in [0.1, 0.15) is 37.0 Å². The van der Waals surface area contributed by atoms with Crippen molar-refractivity contribution in [1.29, 1.82) is 0 Å². The Bertz CT molecular complexity index is 762. The molecule has 1 aromatic heterocycles. The summed E-state index contributed by atoms with van der Waals surface area (Å²) in [5.41, 5.74) is 1.89. The molecule has 6 heteroatoms. The van der Waals surface area contributed by atoms with Gasteiger partial charge in [-0.15, -0.1) is 0 Å². The molecule has 0 aliphatic carbocycles. The van der Waals surface area contributed by atoms with Crippen LogP contribution < -0.4 is 14.5 Å². The number of hydrogen-bond donors (Lipinski definition) is 0. The van der Waals surface area contributed by atoms with E-state index in [2.05, 4.69) is 40.8 Å². The molecule has 1 saturated heterocycles. The Balaban J connectivity index is 1.58. The molecular weight excluding hydrogens is 364 g/mol. The molecule has 1 fully saturated rings. The standard InChI is InChI=1S/C23H32N4O2/c1-4-12-27(13-5-2)23(28)19-6-11-22(24-18-19)26-16-14-25(15-17-26)20-7-9-21(29-3)10-8-20/h6-11,18H,4-5,12-17H2,1-3H3. The van der Waals surface area contributed by atoms with E-state index in [0.29, 0.717) is 5.56 Å². The Kier molecular flexibility index (Phi) is 7.33. The Morgan fingerprint density at radius 2 is 1.59 bits per heavy atom. The average molecular weight is 397 g/mol. The maximum atomic E-state index is 12.7. The second-order valence-corrected chi connectivity index (χ2v) is 7.37. The molecule has 1 aromatic carbocycles. The molecule has 0 radical (unpaired) electrons. The van der Waals surface area contributed by atoms with E-state index >= 15 is 0 Å². The normalized spacial score (nSPS) is 14.0. The molecule has 1 amide bonds. The lowest BCUT2D eigenvalue weighted by atomic mass is 10.2. The highest BCUT2D eigenvalue weighted by Gasteiger charge is 2.20. The summed E-state index contributed by atoms with van der Waals surface area (Å²) in [7, 11) is 1.69. The van der Waals surface area contributed by atoms with E-state index in [9.17, 15) is 4.79 Å². The van der Waals surface area contributed by atoms with E-state index in [1.165, 1.54) is 5.69 Å². The molecular formula is C23H32N4O2. The van der Waals surface area contributed by atoms with Crippen LogP contribution in [0.25, 0.3) is 0 Å². The van der Waals surface area contributed by atoms with Crippen LogP contribution in [-0.4, -0.2) is 62.2 Å². The van der Waals surface area contributed by atoms with E-state index in [0.717, 1.165) is 63.7 Å². The van der Waals surface area contributed by atoms with Gasteiger partial charge in [0.15, 0.2) is 0 Å². The molecule has 3 rings (SSSR count). The van der Waals surface area contributed by atoms with Crippen molar-refractivity contribution in [3.05, 3.63) is 48.2 Å². The highest BCUT2D eigenvalue weighted by molar-refractivity contribution is 5.94. The van der Waals surface area contributed by atoms with Crippen LogP contribution in [-0.2, 0) is 0 Å². The summed E-state index contributed by atoms with van der Waals surface area (Å²) in [4.78, 5) is 23.9. The first-order chi connectivity index (χ1) is 14.2. The van der Waals surface area contributed by atoms with Gasteiger partial charge in [0.2, 0.25) is 0 Å². The fourth-order valence-electron chi connectivity index (χ4n) is 3.72. The van der Waals surface area contributed by atoms with E-state index in [-0.39, 0.29) is 5.91 Å². The number of amides is 1. The predicted octanol–water partition coefficient (Wildman–Crippen LogP) is 3.68. The number of piperazine rings is 1. The SMILES string of the molecule is CCCN(CCC)C(=O)c1ccc(N2CCN(c3ccc(OC)cc3)CC2)nc1. The Labute approximate surface area is 174 Å². The number of hydrogen-bond acceptors (Lipinski definition) is 5. The van der Waals surface area contributed by atoms with Crippen molar-refractivity contribution < 1.29 is 9.53 Å². The monoisotopic (exact) mass is 396 g/mol. The maximum Gasteiger partial charge on any atom is 0.255 e. The molecule has 29 heavy (non-hydrogen) atoms. The van der Waals surface area contributed by atoms with Crippen LogP contribution in [0, 0.1) is 0 Å². The van der Waals surface area contributed by atoms with Crippen molar-refractivity contribution >= 4 is 17.4 Å². The van der Waals surface area contributed by atoms with Crippen molar-refractivity contribution in [2.45, 2.75) is 26.7 Å². The van der Waals surface area contributed by atoms with Gasteiger partial charge in [-0.05, 0) is 49.2 Å². The van der Waals surface area contributed by atoms with Gasteiger partial charge in [0.25, 0.3) is 5.91 Å². The summed E-state index contributed by atoms with van der Waals surface area (Å²) >= 11 is 0. The molecule has 0 N–H and O–H groups in total. The first kappa shape index (κ1) is 21.0. The van der Waals surface area contributed by atoms with Gasteiger partial charge >= 0.3 is 0 Å². The van der Waals surface area contributed by atoms with Crippen LogP contribution in [0.3, 0.4) is 0 Å². The molecule has 0 unspecified atom stereocenters. The number of carbonyl (C=O) groups is 1. The summed E-state index contributed by atoms with van der Waals surface area (Å²) in [6.45, 7) is 9.48. The molecule has 6 nitrogen and oxygen atoms in total. The van der Waals surface area contributed by atoms with Gasteiger partial charge in [0.05, 0.1) is 12.7 Å². The summed E-state index contributed by atoms with van der Waals surface area (Å²) in [6, 6.07) is 12.1. The minimum atomic E-state index is 0.0806. The van der Waals surface area contributed by atoms with Gasteiger partial charge in [0.1, 0.15) is 11.6 Å². The zero-order valence-corrected chi connectivity index (χ0v) is 17.8. The number of benzene rings is 1. The van der Waals surface area contributed by atoms with Crippen LogP contribution in [0.5, 0.6) is 5.75 Å². The topological polar surface area (TPSA) is 48.9 Å². The molecule has 1 aliphatic heterocycles. The van der Waals surface area contributed by atoms with Crippen LogP contribution in [0.15, 0.2) is 42.6 Å². The third-order valence-corrected chi connectivity index (χ3v) is 5.31. The molecule has 2 aromatic rings. The predicted molar refractivity (Wildman–Crippen MR) is 118 cm³/mol. The van der Waals surface area contributed by atoms with Gasteiger partial charge in [-0.2, -0.15) is 0 Å². The second kappa shape index (κ2) is 10.1. The number of rotatable bonds is 8. The van der Waals surface area contributed by atoms with Gasteiger partial charge in [-0.1, -0.05) is 13.8 Å². The molecule has 0 spiro atoms. The zero-order chi connectivity index (χ0) is 20.6. The second-order valence-electron chi connectivity index (χ2n) is 7.37. The zero-order valence-electron chi connectivity index (χ0n) is 17.8. The Hall–Kier alpha value is -2.76. The molecule has 0 atom stereocenters. The summed E-state index contributed by atoms with van der Waals surface area (Å²) < 4.78 is 5.24. The van der Waals surface area contributed by atoms with Crippen molar-refractivity contribution in [2.75, 3.05) is 56.2 Å². The number of ether oxygens (including phenoxy) is 1. The molecule has 0 bridgehead atoms. The van der Waals surface area contributed by atoms with Crippen LogP contribution >= 0.6 is 0 Å². The lowest BCUT2D eigenvalue weighted by Crippen LogP contribution is -2.46. The molecule has 0 saturated carbocycles. The van der Waals surface area contributed by atoms with Crippen LogP contribution in [0.2, 0.25) is 0 Å². The van der Waals surface area contributed by atoms with Crippen molar-refractivity contribution in [3.8, 4) is 5.75 Å². The number of nitrogens with zero attached hydrogens (tertiary/aromatic N) is 4. The van der Waals surface area contributed by atoms with E-state index < -0.39 is 0 Å². The van der Waals surface area contributed by atoms with E-state index in [4.69, 9.17) is 4.74 Å². The molecule has 2 heterocycles. The van der Waals surface area contributed by atoms with Crippen molar-refractivity contribution in [3.63, 3.8) is 0 Å². The third-order valence-electron chi connectivity index (χ3n) is 5.31. The molecule has 1 aliphatic rings. The number of aromatic nitrogens is 1. The first-order valence-corrected chi connectivity index (χ1v) is 10.6. The fourth-order valence-corrected chi connectivity index (χ4v) is 3.72. The van der Waals surface area contributed by atoms with E-state index in [1.807, 2.05) is 29.2 Å². The minimum Gasteiger partial charge on any atom is -0.497 e. The average Bonchev–Trinajstić information content (AvgIpc) is 2.79. The van der Waals surface area contributed by atoms with E-state index in [1.54, 1.807) is 13.3 Å². The third kappa shape index (κ3) is 5.19. The largest absolute Gasteiger partial charge is 0.497 e. The highest BCUT2D eigenvalue weighted by Crippen LogP contribution is 2.22. The number of anilines is 2. The van der Waals surface area contributed by atoms with Gasteiger partial charge in [0, 0.05) is 51.2 Å². The highest BCUT2D eigenvalue weighted by atomic mass is 16.5. The number of pyridine rings is 1. The quantitative estimate of drug-likeness (QED) is 0.681. The summed E-state index contributed by atoms with van der Waals surface area (Å²) in [5, 5.41) is 0. The van der Waals surface area contributed by atoms with Gasteiger partial charge in [-0.25, -0.2) is 4.98 Å². The Morgan fingerprint density at radius 1 is 0.966 bits per heavy atom. The molecule has 156 valence electrons.